The number of hydrogen-bond donors (Lipinski definition) is 3. The molecule has 1 rings (SSSR count). The summed E-state index contributed by atoms with van der Waals surface area (Å²) in [6.07, 6.45) is 5.58. The Morgan fingerprint density at radius 1 is 1.31 bits per heavy atom. The first-order chi connectivity index (χ1) is 7.62. The van der Waals surface area contributed by atoms with E-state index in [1.54, 1.807) is 0 Å². The predicted molar refractivity (Wildman–Crippen MR) is 61.1 cm³/mol. The SMILES string of the molecule is NC(=O)OCCNCC1(O)CCCCCC1. The van der Waals surface area contributed by atoms with Gasteiger partial charge in [-0.15, -0.1) is 0 Å². The van der Waals surface area contributed by atoms with Crippen LogP contribution in [0, 0.1) is 0 Å². The molecule has 1 saturated carbocycles. The lowest BCUT2D eigenvalue weighted by Crippen LogP contribution is -2.41. The normalized spacial score (nSPS) is 20.1. The third-order valence-electron chi connectivity index (χ3n) is 3.01. The van der Waals surface area contributed by atoms with Gasteiger partial charge in [0.1, 0.15) is 6.61 Å². The van der Waals surface area contributed by atoms with E-state index in [0.717, 1.165) is 25.7 Å². The lowest BCUT2D eigenvalue weighted by atomic mass is 9.94. The number of rotatable bonds is 5. The Bertz CT molecular complexity index is 213. The van der Waals surface area contributed by atoms with Gasteiger partial charge in [0.2, 0.25) is 0 Å². The van der Waals surface area contributed by atoms with Gasteiger partial charge in [0.25, 0.3) is 0 Å². The van der Waals surface area contributed by atoms with Crippen LogP contribution in [-0.4, -0.2) is 36.5 Å². The standard InChI is InChI=1S/C11H22N2O3/c12-10(14)16-8-7-13-9-11(15)5-3-1-2-4-6-11/h13,15H,1-9H2,(H2,12,14). The van der Waals surface area contributed by atoms with Gasteiger partial charge in [-0.05, 0) is 12.8 Å². The smallest absolute Gasteiger partial charge is 0.404 e. The molecule has 4 N–H and O–H groups in total. The first-order valence-electron chi connectivity index (χ1n) is 5.98. The van der Waals surface area contributed by atoms with Gasteiger partial charge in [0.05, 0.1) is 5.60 Å². The summed E-state index contributed by atoms with van der Waals surface area (Å²) in [7, 11) is 0. The van der Waals surface area contributed by atoms with Crippen molar-refractivity contribution in [3.8, 4) is 0 Å². The summed E-state index contributed by atoms with van der Waals surface area (Å²) < 4.78 is 4.58. The minimum absolute atomic E-state index is 0.255. The van der Waals surface area contributed by atoms with E-state index in [9.17, 15) is 9.90 Å². The molecular weight excluding hydrogens is 208 g/mol. The van der Waals surface area contributed by atoms with Gasteiger partial charge in [0, 0.05) is 13.1 Å². The Hall–Kier alpha value is -0.810. The van der Waals surface area contributed by atoms with Gasteiger partial charge in [-0.2, -0.15) is 0 Å². The lowest BCUT2D eigenvalue weighted by Gasteiger charge is -2.26. The van der Waals surface area contributed by atoms with Crippen molar-refractivity contribution in [1.82, 2.24) is 5.32 Å². The van der Waals surface area contributed by atoms with Crippen molar-refractivity contribution in [3.63, 3.8) is 0 Å². The Morgan fingerprint density at radius 3 is 2.50 bits per heavy atom. The van der Waals surface area contributed by atoms with Crippen LogP contribution in [0.25, 0.3) is 0 Å². The maximum Gasteiger partial charge on any atom is 0.404 e. The van der Waals surface area contributed by atoms with Gasteiger partial charge < -0.3 is 20.9 Å². The molecule has 0 saturated heterocycles. The van der Waals surface area contributed by atoms with E-state index < -0.39 is 11.7 Å². The minimum atomic E-state index is -0.755. The molecule has 5 heteroatoms. The maximum atomic E-state index is 10.3. The molecule has 0 aromatic rings. The first kappa shape index (κ1) is 13.3. The molecule has 0 spiro atoms. The molecule has 94 valence electrons. The quantitative estimate of drug-likeness (QED) is 0.481. The summed E-state index contributed by atoms with van der Waals surface area (Å²) in [5.74, 6) is 0. The van der Waals surface area contributed by atoms with Crippen LogP contribution >= 0.6 is 0 Å². The van der Waals surface area contributed by atoms with Crippen LogP contribution in [0.4, 0.5) is 4.79 Å². The van der Waals surface area contributed by atoms with Crippen molar-refractivity contribution in [2.24, 2.45) is 5.73 Å². The molecule has 1 fully saturated rings. The first-order valence-corrected chi connectivity index (χ1v) is 5.98. The van der Waals surface area contributed by atoms with E-state index in [-0.39, 0.29) is 6.61 Å². The Kier molecular flexibility index (Phi) is 5.55. The van der Waals surface area contributed by atoms with E-state index in [2.05, 4.69) is 10.1 Å². The molecule has 0 unspecified atom stereocenters. The van der Waals surface area contributed by atoms with E-state index in [1.165, 1.54) is 12.8 Å². The Morgan fingerprint density at radius 2 is 1.94 bits per heavy atom. The number of primary amides is 1. The monoisotopic (exact) mass is 230 g/mol. The van der Waals surface area contributed by atoms with Crippen molar-refractivity contribution >= 4 is 6.09 Å². The topological polar surface area (TPSA) is 84.6 Å². The van der Waals surface area contributed by atoms with Crippen LogP contribution in [0.15, 0.2) is 0 Å². The fourth-order valence-corrected chi connectivity index (χ4v) is 2.11. The van der Waals surface area contributed by atoms with Crippen LogP contribution in [0.5, 0.6) is 0 Å². The molecule has 1 amide bonds. The number of amides is 1. The largest absolute Gasteiger partial charge is 0.448 e. The van der Waals surface area contributed by atoms with Gasteiger partial charge >= 0.3 is 6.09 Å². The second-order valence-corrected chi connectivity index (χ2v) is 4.48. The van der Waals surface area contributed by atoms with Crippen LogP contribution in [0.1, 0.15) is 38.5 Å². The number of hydrogen-bond acceptors (Lipinski definition) is 4. The Labute approximate surface area is 96.3 Å². The highest BCUT2D eigenvalue weighted by Crippen LogP contribution is 2.26. The molecule has 16 heavy (non-hydrogen) atoms. The molecule has 0 aliphatic heterocycles. The fraction of sp³-hybridized carbons (Fsp3) is 0.909. The Balaban J connectivity index is 2.12. The fourth-order valence-electron chi connectivity index (χ4n) is 2.11. The number of ether oxygens (including phenoxy) is 1. The number of nitrogens with two attached hydrogens (primary N) is 1. The zero-order chi connectivity index (χ0) is 11.9. The highest BCUT2D eigenvalue weighted by atomic mass is 16.5. The number of aliphatic hydroxyl groups is 1. The highest BCUT2D eigenvalue weighted by Gasteiger charge is 2.27. The van der Waals surface area contributed by atoms with Crippen molar-refractivity contribution in [2.75, 3.05) is 19.7 Å². The zero-order valence-corrected chi connectivity index (χ0v) is 9.71. The van der Waals surface area contributed by atoms with Crippen LogP contribution < -0.4 is 11.1 Å². The summed E-state index contributed by atoms with van der Waals surface area (Å²) in [5.41, 5.74) is 4.25. The summed E-state index contributed by atoms with van der Waals surface area (Å²) in [6, 6.07) is 0. The van der Waals surface area contributed by atoms with Crippen LogP contribution in [0.2, 0.25) is 0 Å². The average molecular weight is 230 g/mol. The molecule has 0 bridgehead atoms. The predicted octanol–water partition coefficient (Wildman–Crippen LogP) is 0.757. The maximum absolute atomic E-state index is 10.3. The molecule has 0 radical (unpaired) electrons. The van der Waals surface area contributed by atoms with Crippen LogP contribution in [0.3, 0.4) is 0 Å². The second kappa shape index (κ2) is 6.70. The van der Waals surface area contributed by atoms with Gasteiger partial charge in [-0.1, -0.05) is 25.7 Å². The molecular formula is C11H22N2O3. The van der Waals surface area contributed by atoms with Crippen molar-refractivity contribution in [1.29, 1.82) is 0 Å². The van der Waals surface area contributed by atoms with Gasteiger partial charge in [-0.3, -0.25) is 0 Å². The molecule has 0 aromatic carbocycles. The third kappa shape index (κ3) is 5.32. The summed E-state index contributed by atoms with van der Waals surface area (Å²) >= 11 is 0. The third-order valence-corrected chi connectivity index (χ3v) is 3.01. The number of carbonyl (C=O) groups excluding carboxylic acids is 1. The van der Waals surface area contributed by atoms with E-state index >= 15 is 0 Å². The van der Waals surface area contributed by atoms with E-state index in [0.29, 0.717) is 13.1 Å². The number of nitrogens with one attached hydrogen (secondary N) is 1. The van der Waals surface area contributed by atoms with E-state index in [4.69, 9.17) is 5.73 Å². The summed E-state index contributed by atoms with van der Waals surface area (Å²) in [6.45, 7) is 1.35. The molecule has 5 nitrogen and oxygen atoms in total. The molecule has 1 aliphatic rings. The zero-order valence-electron chi connectivity index (χ0n) is 9.71. The van der Waals surface area contributed by atoms with Crippen LogP contribution in [-0.2, 0) is 4.74 Å². The molecule has 1 aliphatic carbocycles. The van der Waals surface area contributed by atoms with E-state index in [1.807, 2.05) is 0 Å². The molecule has 0 atom stereocenters. The highest BCUT2D eigenvalue weighted by molar-refractivity contribution is 5.64. The lowest BCUT2D eigenvalue weighted by molar-refractivity contribution is 0.0244. The van der Waals surface area contributed by atoms with Crippen molar-refractivity contribution in [3.05, 3.63) is 0 Å². The van der Waals surface area contributed by atoms with Crippen molar-refractivity contribution in [2.45, 2.75) is 44.1 Å². The summed E-state index contributed by atoms with van der Waals surface area (Å²) in [4.78, 5) is 10.3. The average Bonchev–Trinajstić information content (AvgIpc) is 2.43. The van der Waals surface area contributed by atoms with Gasteiger partial charge in [-0.25, -0.2) is 4.79 Å². The molecule has 0 aromatic heterocycles. The van der Waals surface area contributed by atoms with Gasteiger partial charge in [0.15, 0.2) is 0 Å². The summed E-state index contributed by atoms with van der Waals surface area (Å²) in [5, 5.41) is 13.4. The molecule has 0 heterocycles. The second-order valence-electron chi connectivity index (χ2n) is 4.48. The van der Waals surface area contributed by atoms with Crippen molar-refractivity contribution < 1.29 is 14.6 Å². The minimum Gasteiger partial charge on any atom is -0.448 e. The number of carbonyl (C=O) groups is 1.